The van der Waals surface area contributed by atoms with Crippen LogP contribution in [-0.2, 0) is 5.66 Å². The summed E-state index contributed by atoms with van der Waals surface area (Å²) in [5.41, 5.74) is -2.50. The van der Waals surface area contributed by atoms with Gasteiger partial charge in [-0.1, -0.05) is 30.3 Å². The molecule has 2 aromatic rings. The van der Waals surface area contributed by atoms with E-state index in [9.17, 15) is 18.0 Å². The molecule has 0 unspecified atom stereocenters. The zero-order valence-corrected chi connectivity index (χ0v) is 14.9. The fourth-order valence-electron chi connectivity index (χ4n) is 3.03. The van der Waals surface area contributed by atoms with Gasteiger partial charge in [0.2, 0.25) is 0 Å². The van der Waals surface area contributed by atoms with Crippen LogP contribution in [0.5, 0.6) is 5.75 Å². The summed E-state index contributed by atoms with van der Waals surface area (Å²) >= 11 is 1.01. The van der Waals surface area contributed by atoms with E-state index >= 15 is 0 Å². The lowest BCUT2D eigenvalue weighted by molar-refractivity contribution is -0.195. The number of amides is 2. The number of rotatable bonds is 3. The number of aliphatic imine (C=N–C) groups is 1. The Bertz CT molecular complexity index is 933. The summed E-state index contributed by atoms with van der Waals surface area (Å²) in [6.07, 6.45) is -4.81. The molecule has 0 radical (unpaired) electrons. The summed E-state index contributed by atoms with van der Waals surface area (Å²) in [6.45, 7) is 2.29. The number of anilines is 1. The molecular formula is C18H14F3N3O2S. The SMILES string of the molecule is CCOc1ccc2c(c1)SC1=N[C@@](c3ccccc3)(C(F)(F)F)NC(=O)N12. The Morgan fingerprint density at radius 1 is 1.22 bits per heavy atom. The zero-order valence-electron chi connectivity index (χ0n) is 14.1. The molecule has 2 aliphatic rings. The van der Waals surface area contributed by atoms with Crippen molar-refractivity contribution in [2.45, 2.75) is 23.7 Å². The summed E-state index contributed by atoms with van der Waals surface area (Å²) in [5, 5.41) is 2.04. The Balaban J connectivity index is 1.84. The minimum atomic E-state index is -4.81. The van der Waals surface area contributed by atoms with Crippen molar-refractivity contribution in [3.8, 4) is 5.75 Å². The molecule has 0 fully saturated rings. The van der Waals surface area contributed by atoms with E-state index in [1.807, 2.05) is 6.92 Å². The van der Waals surface area contributed by atoms with Gasteiger partial charge in [0.1, 0.15) is 5.75 Å². The van der Waals surface area contributed by atoms with Gasteiger partial charge in [-0.05, 0) is 36.9 Å². The molecule has 0 aromatic heterocycles. The number of urea groups is 1. The highest BCUT2D eigenvalue weighted by molar-refractivity contribution is 8.15. The van der Waals surface area contributed by atoms with Crippen LogP contribution in [0.25, 0.3) is 0 Å². The van der Waals surface area contributed by atoms with Crippen LogP contribution in [-0.4, -0.2) is 24.0 Å². The minimum absolute atomic E-state index is 0.0245. The molecular weight excluding hydrogens is 379 g/mol. The molecule has 4 rings (SSSR count). The van der Waals surface area contributed by atoms with Gasteiger partial charge in [0, 0.05) is 10.5 Å². The third-order valence-electron chi connectivity index (χ3n) is 4.23. The van der Waals surface area contributed by atoms with Crippen molar-refractivity contribution >= 4 is 28.6 Å². The lowest BCUT2D eigenvalue weighted by Gasteiger charge is -2.38. The number of carbonyl (C=O) groups is 1. The molecule has 140 valence electrons. The first-order valence-electron chi connectivity index (χ1n) is 8.15. The highest BCUT2D eigenvalue weighted by atomic mass is 32.2. The number of thioether (sulfide) groups is 1. The molecule has 0 bridgehead atoms. The Hall–Kier alpha value is -2.68. The molecule has 2 aromatic carbocycles. The molecule has 2 heterocycles. The third-order valence-corrected chi connectivity index (χ3v) is 5.24. The lowest BCUT2D eigenvalue weighted by atomic mass is 9.98. The number of ether oxygens (including phenoxy) is 1. The summed E-state index contributed by atoms with van der Waals surface area (Å²) in [7, 11) is 0. The number of fused-ring (bicyclic) bond motifs is 3. The maximum absolute atomic E-state index is 14.0. The van der Waals surface area contributed by atoms with E-state index in [1.165, 1.54) is 24.3 Å². The number of halogens is 3. The van der Waals surface area contributed by atoms with Crippen molar-refractivity contribution in [2.24, 2.45) is 4.99 Å². The van der Waals surface area contributed by atoms with E-state index in [-0.39, 0.29) is 10.7 Å². The van der Waals surface area contributed by atoms with Crippen LogP contribution in [0.4, 0.5) is 23.7 Å². The highest BCUT2D eigenvalue weighted by Crippen LogP contribution is 2.49. The van der Waals surface area contributed by atoms with E-state index in [4.69, 9.17) is 4.74 Å². The Kier molecular flexibility index (Phi) is 4.06. The van der Waals surface area contributed by atoms with Crippen molar-refractivity contribution in [1.29, 1.82) is 0 Å². The van der Waals surface area contributed by atoms with Crippen LogP contribution in [0.15, 0.2) is 58.4 Å². The van der Waals surface area contributed by atoms with Gasteiger partial charge in [-0.3, -0.25) is 0 Å². The van der Waals surface area contributed by atoms with E-state index in [2.05, 4.69) is 10.3 Å². The number of carbonyl (C=O) groups excluding carboxylic acids is 1. The molecule has 2 aliphatic heterocycles. The first-order valence-corrected chi connectivity index (χ1v) is 8.96. The monoisotopic (exact) mass is 393 g/mol. The molecule has 27 heavy (non-hydrogen) atoms. The molecule has 0 saturated heterocycles. The fourth-order valence-corrected chi connectivity index (χ4v) is 4.12. The maximum Gasteiger partial charge on any atom is 0.436 e. The van der Waals surface area contributed by atoms with E-state index in [0.717, 1.165) is 16.7 Å². The second-order valence-electron chi connectivity index (χ2n) is 5.90. The van der Waals surface area contributed by atoms with Crippen LogP contribution in [0.2, 0.25) is 0 Å². The van der Waals surface area contributed by atoms with Crippen molar-refractivity contribution < 1.29 is 22.7 Å². The van der Waals surface area contributed by atoms with E-state index in [0.29, 0.717) is 22.9 Å². The predicted octanol–water partition coefficient (Wildman–Crippen LogP) is 4.49. The van der Waals surface area contributed by atoms with Gasteiger partial charge >= 0.3 is 12.2 Å². The highest BCUT2D eigenvalue weighted by Gasteiger charge is 2.61. The van der Waals surface area contributed by atoms with Crippen LogP contribution in [0, 0.1) is 0 Å². The maximum atomic E-state index is 14.0. The summed E-state index contributed by atoms with van der Waals surface area (Å²) < 4.78 is 47.5. The predicted molar refractivity (Wildman–Crippen MR) is 96.1 cm³/mol. The number of hydrogen-bond acceptors (Lipinski definition) is 4. The summed E-state index contributed by atoms with van der Waals surface area (Å²) in [4.78, 5) is 18.4. The standard InChI is InChI=1S/C18H14F3N3O2S/c1-2-26-12-8-9-13-14(10-12)27-16-23-17(18(19,20)21,22-15(25)24(13)16)11-6-4-3-5-7-11/h3-10H,2H2,1H3,(H,22,25)/t17-/m0/s1. The number of benzene rings is 2. The Morgan fingerprint density at radius 3 is 2.63 bits per heavy atom. The van der Waals surface area contributed by atoms with Gasteiger partial charge in [-0.25, -0.2) is 14.7 Å². The van der Waals surface area contributed by atoms with Crippen LogP contribution >= 0.6 is 11.8 Å². The average molecular weight is 393 g/mol. The van der Waals surface area contributed by atoms with Crippen molar-refractivity contribution in [1.82, 2.24) is 5.32 Å². The van der Waals surface area contributed by atoms with E-state index in [1.54, 1.807) is 24.3 Å². The van der Waals surface area contributed by atoms with Gasteiger partial charge in [0.05, 0.1) is 12.3 Å². The largest absolute Gasteiger partial charge is 0.494 e. The topological polar surface area (TPSA) is 53.9 Å². The van der Waals surface area contributed by atoms with Crippen molar-refractivity contribution in [2.75, 3.05) is 11.5 Å². The van der Waals surface area contributed by atoms with Gasteiger partial charge in [-0.2, -0.15) is 13.2 Å². The van der Waals surface area contributed by atoms with Gasteiger partial charge < -0.3 is 10.1 Å². The minimum Gasteiger partial charge on any atom is -0.494 e. The van der Waals surface area contributed by atoms with Crippen molar-refractivity contribution in [3.05, 3.63) is 54.1 Å². The first kappa shape index (κ1) is 17.7. The second-order valence-corrected chi connectivity index (χ2v) is 6.91. The number of nitrogens with zero attached hydrogens (tertiary/aromatic N) is 2. The number of alkyl halides is 3. The normalized spacial score (nSPS) is 21.3. The molecule has 1 N–H and O–H groups in total. The number of hydrogen-bond donors (Lipinski definition) is 1. The van der Waals surface area contributed by atoms with E-state index < -0.39 is 17.9 Å². The molecule has 0 aliphatic carbocycles. The smallest absolute Gasteiger partial charge is 0.436 e. The average Bonchev–Trinajstić information content (AvgIpc) is 2.99. The third kappa shape index (κ3) is 2.73. The summed E-state index contributed by atoms with van der Waals surface area (Å²) in [5.74, 6) is 0.578. The van der Waals surface area contributed by atoms with Crippen LogP contribution in [0.3, 0.4) is 0 Å². The van der Waals surface area contributed by atoms with Gasteiger partial charge in [0.25, 0.3) is 5.66 Å². The molecule has 2 amide bonds. The van der Waals surface area contributed by atoms with Crippen LogP contribution in [0.1, 0.15) is 12.5 Å². The summed E-state index contributed by atoms with van der Waals surface area (Å²) in [6, 6.07) is 11.3. The molecule has 1 atom stereocenters. The zero-order chi connectivity index (χ0) is 19.2. The van der Waals surface area contributed by atoms with Crippen molar-refractivity contribution in [3.63, 3.8) is 0 Å². The van der Waals surface area contributed by atoms with Gasteiger partial charge in [0.15, 0.2) is 5.17 Å². The van der Waals surface area contributed by atoms with Crippen LogP contribution < -0.4 is 15.0 Å². The number of amidine groups is 1. The Morgan fingerprint density at radius 2 is 1.96 bits per heavy atom. The Labute approximate surface area is 157 Å². The first-order chi connectivity index (χ1) is 12.9. The second kappa shape index (κ2) is 6.19. The number of nitrogens with one attached hydrogen (secondary N) is 1. The fraction of sp³-hybridized carbons (Fsp3) is 0.222. The quantitative estimate of drug-likeness (QED) is 0.836. The molecule has 0 spiro atoms. The van der Waals surface area contributed by atoms with Gasteiger partial charge in [-0.15, -0.1) is 0 Å². The molecule has 0 saturated carbocycles. The lowest BCUT2D eigenvalue weighted by Crippen LogP contribution is -2.62. The molecule has 9 heteroatoms. The molecule has 5 nitrogen and oxygen atoms in total.